The van der Waals surface area contributed by atoms with Crippen LogP contribution in [0.15, 0.2) is 23.2 Å². The van der Waals surface area contributed by atoms with Crippen LogP contribution in [0.2, 0.25) is 0 Å². The molecule has 0 saturated carbocycles. The lowest BCUT2D eigenvalue weighted by atomic mass is 10.2. The van der Waals surface area contributed by atoms with Crippen LogP contribution in [0, 0.1) is 0 Å². The molecule has 1 aromatic rings. The number of guanidine groups is 1. The van der Waals surface area contributed by atoms with Gasteiger partial charge < -0.3 is 20.1 Å². The van der Waals surface area contributed by atoms with Crippen molar-refractivity contribution in [1.29, 1.82) is 0 Å². The first-order chi connectivity index (χ1) is 12.8. The van der Waals surface area contributed by atoms with Crippen molar-refractivity contribution in [3.05, 3.63) is 18.2 Å². The molecule has 0 aliphatic rings. The fourth-order valence-electron chi connectivity index (χ4n) is 2.38. The van der Waals surface area contributed by atoms with Gasteiger partial charge in [0.15, 0.2) is 17.5 Å². The summed E-state index contributed by atoms with van der Waals surface area (Å²) in [6, 6.07) is 5.45. The van der Waals surface area contributed by atoms with Crippen LogP contribution in [-0.4, -0.2) is 64.0 Å². The molecule has 2 N–H and O–H groups in total. The summed E-state index contributed by atoms with van der Waals surface area (Å²) in [7, 11) is 3.03. The molecule has 0 heterocycles. The van der Waals surface area contributed by atoms with Crippen LogP contribution in [0.25, 0.3) is 0 Å². The molecule has 9 heteroatoms. The van der Waals surface area contributed by atoms with E-state index in [1.165, 1.54) is 11.9 Å². The SMILES string of the molecule is CCNC(=NCCCN(C)CC(F)(F)F)Nc1ccc(OC)c(OCC)c1. The average molecular weight is 390 g/mol. The van der Waals surface area contributed by atoms with Gasteiger partial charge in [-0.2, -0.15) is 13.2 Å². The second-order valence-corrected chi connectivity index (χ2v) is 5.89. The van der Waals surface area contributed by atoms with Crippen molar-refractivity contribution in [2.45, 2.75) is 26.4 Å². The summed E-state index contributed by atoms with van der Waals surface area (Å²) in [5.41, 5.74) is 0.771. The molecule has 0 spiro atoms. The van der Waals surface area contributed by atoms with E-state index in [0.29, 0.717) is 50.1 Å². The van der Waals surface area contributed by atoms with Crippen LogP contribution in [0.1, 0.15) is 20.3 Å². The molecular formula is C18H29F3N4O2. The van der Waals surface area contributed by atoms with Crippen LogP contribution < -0.4 is 20.1 Å². The number of hydrogen-bond acceptors (Lipinski definition) is 4. The van der Waals surface area contributed by atoms with Crippen molar-refractivity contribution in [3.63, 3.8) is 0 Å². The van der Waals surface area contributed by atoms with E-state index in [1.807, 2.05) is 26.0 Å². The number of anilines is 1. The molecule has 1 aromatic carbocycles. The first-order valence-electron chi connectivity index (χ1n) is 8.90. The molecule has 27 heavy (non-hydrogen) atoms. The zero-order valence-corrected chi connectivity index (χ0v) is 16.3. The van der Waals surface area contributed by atoms with E-state index in [9.17, 15) is 13.2 Å². The maximum atomic E-state index is 12.3. The van der Waals surface area contributed by atoms with Gasteiger partial charge in [0.25, 0.3) is 0 Å². The first-order valence-corrected chi connectivity index (χ1v) is 8.90. The van der Waals surface area contributed by atoms with E-state index in [1.54, 1.807) is 13.2 Å². The van der Waals surface area contributed by atoms with E-state index in [0.717, 1.165) is 5.69 Å². The summed E-state index contributed by atoms with van der Waals surface area (Å²) in [6.07, 6.45) is -3.66. The Hall–Kier alpha value is -2.16. The first kappa shape index (κ1) is 22.9. The molecule has 0 fully saturated rings. The zero-order chi connectivity index (χ0) is 20.3. The average Bonchev–Trinajstić information content (AvgIpc) is 2.58. The minimum absolute atomic E-state index is 0.319. The van der Waals surface area contributed by atoms with Gasteiger partial charge >= 0.3 is 6.18 Å². The Morgan fingerprint density at radius 1 is 1.22 bits per heavy atom. The minimum atomic E-state index is -4.18. The van der Waals surface area contributed by atoms with Gasteiger partial charge in [-0.05, 0) is 46.0 Å². The predicted octanol–water partition coefficient (Wildman–Crippen LogP) is 3.36. The lowest BCUT2D eigenvalue weighted by Crippen LogP contribution is -2.33. The number of nitrogens with zero attached hydrogens (tertiary/aromatic N) is 2. The minimum Gasteiger partial charge on any atom is -0.493 e. The molecule has 0 aromatic heterocycles. The van der Waals surface area contributed by atoms with E-state index >= 15 is 0 Å². The number of nitrogens with one attached hydrogen (secondary N) is 2. The molecule has 0 unspecified atom stereocenters. The summed E-state index contributed by atoms with van der Waals surface area (Å²) in [4.78, 5) is 5.65. The molecule has 0 atom stereocenters. The van der Waals surface area contributed by atoms with Gasteiger partial charge in [0, 0.05) is 24.8 Å². The number of rotatable bonds is 10. The summed E-state index contributed by atoms with van der Waals surface area (Å²) in [5.74, 6) is 1.82. The fraction of sp³-hybridized carbons (Fsp3) is 0.611. The van der Waals surface area contributed by atoms with Crippen molar-refractivity contribution < 1.29 is 22.6 Å². The smallest absolute Gasteiger partial charge is 0.401 e. The molecule has 0 radical (unpaired) electrons. The van der Waals surface area contributed by atoms with Crippen LogP contribution >= 0.6 is 0 Å². The summed E-state index contributed by atoms with van der Waals surface area (Å²) in [6.45, 7) is 4.81. The van der Waals surface area contributed by atoms with Gasteiger partial charge in [-0.15, -0.1) is 0 Å². The lowest BCUT2D eigenvalue weighted by molar-refractivity contribution is -0.143. The molecular weight excluding hydrogens is 361 g/mol. The second kappa shape index (κ2) is 11.5. The Labute approximate surface area is 158 Å². The highest BCUT2D eigenvalue weighted by Crippen LogP contribution is 2.30. The highest BCUT2D eigenvalue weighted by molar-refractivity contribution is 5.93. The summed E-state index contributed by atoms with van der Waals surface area (Å²) < 4.78 is 47.8. The maximum Gasteiger partial charge on any atom is 0.401 e. The van der Waals surface area contributed by atoms with Crippen molar-refractivity contribution in [2.75, 3.05) is 52.3 Å². The third-order valence-corrected chi connectivity index (χ3v) is 3.49. The normalized spacial score (nSPS) is 12.2. The third kappa shape index (κ3) is 9.37. The monoisotopic (exact) mass is 390 g/mol. The van der Waals surface area contributed by atoms with E-state index in [2.05, 4.69) is 15.6 Å². The number of hydrogen-bond donors (Lipinski definition) is 2. The molecule has 1 rings (SSSR count). The van der Waals surface area contributed by atoms with Gasteiger partial charge in [-0.1, -0.05) is 0 Å². The van der Waals surface area contributed by atoms with Crippen molar-refractivity contribution >= 4 is 11.6 Å². The Bertz CT molecular complexity index is 594. The van der Waals surface area contributed by atoms with Gasteiger partial charge in [-0.25, -0.2) is 0 Å². The lowest BCUT2D eigenvalue weighted by Gasteiger charge is -2.18. The largest absolute Gasteiger partial charge is 0.493 e. The summed E-state index contributed by atoms with van der Waals surface area (Å²) in [5, 5.41) is 6.28. The van der Waals surface area contributed by atoms with Crippen molar-refractivity contribution in [2.24, 2.45) is 4.99 Å². The number of aliphatic imine (C=N–C) groups is 1. The van der Waals surface area contributed by atoms with Gasteiger partial charge in [-0.3, -0.25) is 9.89 Å². The van der Waals surface area contributed by atoms with Crippen LogP contribution in [-0.2, 0) is 0 Å². The molecule has 0 amide bonds. The van der Waals surface area contributed by atoms with E-state index in [4.69, 9.17) is 9.47 Å². The van der Waals surface area contributed by atoms with E-state index < -0.39 is 12.7 Å². The molecule has 0 saturated heterocycles. The Kier molecular flexibility index (Phi) is 9.77. The highest BCUT2D eigenvalue weighted by Gasteiger charge is 2.28. The number of alkyl halides is 3. The molecule has 0 bridgehead atoms. The molecule has 6 nitrogen and oxygen atoms in total. The molecule has 0 aliphatic carbocycles. The Morgan fingerprint density at radius 3 is 2.56 bits per heavy atom. The number of halogens is 3. The Morgan fingerprint density at radius 2 is 1.96 bits per heavy atom. The maximum absolute atomic E-state index is 12.3. The fourth-order valence-corrected chi connectivity index (χ4v) is 2.38. The van der Waals surface area contributed by atoms with Gasteiger partial charge in [0.1, 0.15) is 0 Å². The predicted molar refractivity (Wildman–Crippen MR) is 102 cm³/mol. The Balaban J connectivity index is 2.65. The van der Waals surface area contributed by atoms with Crippen molar-refractivity contribution in [1.82, 2.24) is 10.2 Å². The van der Waals surface area contributed by atoms with Crippen molar-refractivity contribution in [3.8, 4) is 11.5 Å². The van der Waals surface area contributed by atoms with Gasteiger partial charge in [0.05, 0.1) is 20.3 Å². The van der Waals surface area contributed by atoms with Crippen LogP contribution in [0.4, 0.5) is 18.9 Å². The highest BCUT2D eigenvalue weighted by atomic mass is 19.4. The van der Waals surface area contributed by atoms with Crippen LogP contribution in [0.3, 0.4) is 0 Å². The summed E-state index contributed by atoms with van der Waals surface area (Å²) >= 11 is 0. The van der Waals surface area contributed by atoms with E-state index in [-0.39, 0.29) is 0 Å². The number of ether oxygens (including phenoxy) is 2. The molecule has 0 aliphatic heterocycles. The zero-order valence-electron chi connectivity index (χ0n) is 16.3. The topological polar surface area (TPSA) is 58.1 Å². The third-order valence-electron chi connectivity index (χ3n) is 3.49. The molecule has 154 valence electrons. The quantitative estimate of drug-likeness (QED) is 0.365. The standard InChI is InChI=1S/C18H29F3N4O2/c1-5-22-17(23-10-7-11-25(3)13-18(19,20)21)24-14-8-9-15(26-4)16(12-14)27-6-2/h8-9,12H,5-7,10-11,13H2,1-4H3,(H2,22,23,24). The number of benzene rings is 1. The van der Waals surface area contributed by atoms with Gasteiger partial charge in [0.2, 0.25) is 0 Å². The van der Waals surface area contributed by atoms with Crippen LogP contribution in [0.5, 0.6) is 11.5 Å². The number of methoxy groups -OCH3 is 1. The second-order valence-electron chi connectivity index (χ2n) is 5.89.